The first-order chi connectivity index (χ1) is 0. The third-order valence-corrected chi connectivity index (χ3v) is 0. The molecule has 4 heavy (non-hydrogen) atoms. The van der Waals surface area contributed by atoms with Crippen LogP contribution in [-0.4, -0.2) is 0 Å². The third-order valence-electron chi connectivity index (χ3n) is 0. The van der Waals surface area contributed by atoms with Crippen molar-refractivity contribution in [2.24, 2.45) is 0 Å². The molecule has 0 aromatic rings. The van der Waals surface area contributed by atoms with Crippen molar-refractivity contribution >= 4 is 12.4 Å². The zero-order valence-corrected chi connectivity index (χ0v) is 4.13. The Morgan fingerprint density at radius 2 is 0.750 bits per heavy atom. The molecule has 2 nitrogen and oxygen atoms in total. The predicted molar refractivity (Wildman–Crippen MR) is 8.62 cm³/mol. The summed E-state index contributed by atoms with van der Waals surface area (Å²) in [6.07, 6.45) is 0. The van der Waals surface area contributed by atoms with Crippen LogP contribution in [0.3, 0.4) is 0 Å². The smallest absolute Gasteiger partial charge is 2.00 e. The van der Waals surface area contributed by atoms with Crippen LogP contribution in [0.15, 0.2) is 0 Å². The molecule has 0 bridgehead atoms. The van der Waals surface area contributed by atoms with Crippen molar-refractivity contribution < 1.29 is 30.4 Å². The molecular formula is HClO2Ru. The summed E-state index contributed by atoms with van der Waals surface area (Å²) >= 11 is 0. The molecule has 28 valence electrons. The maximum Gasteiger partial charge on any atom is 4.00 e. The summed E-state index contributed by atoms with van der Waals surface area (Å²) in [6.45, 7) is 0. The molecular weight excluding hydrogens is 169 g/mol. The molecule has 0 aliphatic carbocycles. The minimum absolute atomic E-state index is 0. The molecule has 0 aromatic heterocycles. The van der Waals surface area contributed by atoms with Crippen molar-refractivity contribution in [3.63, 3.8) is 0 Å². The van der Waals surface area contributed by atoms with Crippen LogP contribution >= 0.6 is 12.4 Å². The first kappa shape index (κ1) is 102. The fraction of sp³-hybridized carbons (Fsp3) is 0. The molecule has 0 spiro atoms. The fourth-order valence-corrected chi connectivity index (χ4v) is 0. The van der Waals surface area contributed by atoms with Gasteiger partial charge in [-0.15, -0.1) is 12.4 Å². The Labute approximate surface area is 43.4 Å². The second kappa shape index (κ2) is 44.3. The summed E-state index contributed by atoms with van der Waals surface area (Å²) in [5.74, 6) is 0. The Balaban J connectivity index is 0. The van der Waals surface area contributed by atoms with Crippen LogP contribution in [-0.2, 0) is 30.4 Å². The van der Waals surface area contributed by atoms with Gasteiger partial charge in [0.2, 0.25) is 0 Å². The Hall–Kier alpha value is 0.833. The summed E-state index contributed by atoms with van der Waals surface area (Å²) in [5, 5.41) is 0. The largest absolute Gasteiger partial charge is 4.00 e. The first-order valence-electron chi connectivity index (χ1n) is 0. The second-order valence-corrected chi connectivity index (χ2v) is 0. The van der Waals surface area contributed by atoms with Gasteiger partial charge in [0.1, 0.15) is 0 Å². The molecule has 0 radical (unpaired) electrons. The monoisotopic (exact) mass is 170 g/mol. The van der Waals surface area contributed by atoms with Gasteiger partial charge in [0.05, 0.1) is 0 Å². The van der Waals surface area contributed by atoms with Crippen molar-refractivity contribution in [2.45, 2.75) is 0 Å². The van der Waals surface area contributed by atoms with E-state index in [2.05, 4.69) is 0 Å². The van der Waals surface area contributed by atoms with Crippen molar-refractivity contribution in [1.29, 1.82) is 0 Å². The first-order valence-corrected chi connectivity index (χ1v) is 0. The molecule has 0 rings (SSSR count). The number of hydrogen-bond acceptors (Lipinski definition) is 0. The van der Waals surface area contributed by atoms with E-state index in [0.29, 0.717) is 0 Å². The maximum absolute atomic E-state index is 0. The predicted octanol–water partition coefficient (Wildman–Crippen LogP) is 0.182. The molecule has 0 N–H and O–H groups in total. The van der Waals surface area contributed by atoms with E-state index >= 15 is 0 Å². The minimum atomic E-state index is 0. The molecule has 0 amide bonds. The van der Waals surface area contributed by atoms with E-state index in [9.17, 15) is 0 Å². The van der Waals surface area contributed by atoms with Crippen molar-refractivity contribution in [1.82, 2.24) is 0 Å². The summed E-state index contributed by atoms with van der Waals surface area (Å²) in [7, 11) is 0. The SMILES string of the molecule is Cl.[O-2].[O-2].[Ru+4]. The second-order valence-electron chi connectivity index (χ2n) is 0. The van der Waals surface area contributed by atoms with Crippen LogP contribution in [0.1, 0.15) is 0 Å². The third kappa shape index (κ3) is 13.7. The molecule has 0 aromatic carbocycles. The van der Waals surface area contributed by atoms with Crippen LogP contribution < -0.4 is 0 Å². The molecule has 0 heterocycles. The number of hydrogen-bond donors (Lipinski definition) is 0. The summed E-state index contributed by atoms with van der Waals surface area (Å²) in [5.41, 5.74) is 0. The van der Waals surface area contributed by atoms with Crippen molar-refractivity contribution in [3.05, 3.63) is 0 Å². The molecule has 0 fully saturated rings. The van der Waals surface area contributed by atoms with Crippen LogP contribution in [0, 0.1) is 0 Å². The van der Waals surface area contributed by atoms with Crippen LogP contribution in [0.2, 0.25) is 0 Å². The van der Waals surface area contributed by atoms with Gasteiger partial charge in [-0.2, -0.15) is 0 Å². The molecule has 4 heteroatoms. The van der Waals surface area contributed by atoms with Gasteiger partial charge in [0.25, 0.3) is 0 Å². The van der Waals surface area contributed by atoms with Gasteiger partial charge < -0.3 is 11.0 Å². The average molecular weight is 170 g/mol. The molecule has 0 unspecified atom stereocenters. The van der Waals surface area contributed by atoms with E-state index in [1.807, 2.05) is 0 Å². The number of rotatable bonds is 0. The molecule has 0 atom stereocenters. The maximum atomic E-state index is 0. The Morgan fingerprint density at radius 3 is 0.750 bits per heavy atom. The van der Waals surface area contributed by atoms with E-state index in [0.717, 1.165) is 0 Å². The van der Waals surface area contributed by atoms with Gasteiger partial charge in [-0.25, -0.2) is 0 Å². The summed E-state index contributed by atoms with van der Waals surface area (Å²) in [6, 6.07) is 0. The molecule has 0 saturated carbocycles. The Bertz CT molecular complexity index is 6.00. The molecule has 0 saturated heterocycles. The van der Waals surface area contributed by atoms with Crippen molar-refractivity contribution in [3.8, 4) is 0 Å². The van der Waals surface area contributed by atoms with Crippen molar-refractivity contribution in [2.75, 3.05) is 0 Å². The van der Waals surface area contributed by atoms with Crippen LogP contribution in [0.5, 0.6) is 0 Å². The van der Waals surface area contributed by atoms with Gasteiger partial charge >= 0.3 is 19.5 Å². The molecule has 0 aliphatic rings. The average Bonchev–Trinajstić information content (AvgIpc) is 0. The molecule has 0 aliphatic heterocycles. The van der Waals surface area contributed by atoms with Gasteiger partial charge in [0, 0.05) is 0 Å². The van der Waals surface area contributed by atoms with E-state index in [1.54, 1.807) is 0 Å². The van der Waals surface area contributed by atoms with Crippen LogP contribution in [0.4, 0.5) is 0 Å². The summed E-state index contributed by atoms with van der Waals surface area (Å²) in [4.78, 5) is 0. The Kier molecular flexibility index (Phi) is 1130. The number of halogens is 1. The van der Waals surface area contributed by atoms with E-state index < -0.39 is 0 Å². The Morgan fingerprint density at radius 1 is 0.750 bits per heavy atom. The van der Waals surface area contributed by atoms with Gasteiger partial charge in [-0.05, 0) is 0 Å². The standard InChI is InChI=1S/ClH.2O.Ru/h1H;;;/q;2*-2;+4. The minimum Gasteiger partial charge on any atom is -2.00 e. The van der Waals surface area contributed by atoms with Gasteiger partial charge in [-0.1, -0.05) is 0 Å². The zero-order valence-electron chi connectivity index (χ0n) is 1.58. The van der Waals surface area contributed by atoms with Crippen LogP contribution in [0.25, 0.3) is 0 Å². The van der Waals surface area contributed by atoms with Gasteiger partial charge in [-0.3, -0.25) is 0 Å². The zero-order chi connectivity index (χ0) is 0. The van der Waals surface area contributed by atoms with E-state index in [-0.39, 0.29) is 42.8 Å². The summed E-state index contributed by atoms with van der Waals surface area (Å²) < 4.78 is 0. The quantitative estimate of drug-likeness (QED) is 0.465. The normalized spacial score (nSPS) is 0. The van der Waals surface area contributed by atoms with Gasteiger partial charge in [0.15, 0.2) is 0 Å². The van der Waals surface area contributed by atoms with E-state index in [4.69, 9.17) is 0 Å². The fourth-order valence-electron chi connectivity index (χ4n) is 0. The topological polar surface area (TPSA) is 57.0 Å². The van der Waals surface area contributed by atoms with E-state index in [1.165, 1.54) is 0 Å².